The number of hydrogen-bond acceptors (Lipinski definition) is 2. The predicted molar refractivity (Wildman–Crippen MR) is 90.0 cm³/mol. The van der Waals surface area contributed by atoms with Gasteiger partial charge in [-0.25, -0.2) is 4.79 Å². The van der Waals surface area contributed by atoms with Gasteiger partial charge in [0, 0.05) is 13.1 Å². The van der Waals surface area contributed by atoms with Gasteiger partial charge in [0.25, 0.3) is 0 Å². The monoisotopic (exact) mass is 310 g/mol. The van der Waals surface area contributed by atoms with Gasteiger partial charge in [0.15, 0.2) is 0 Å². The first kappa shape index (κ1) is 15.6. The third-order valence-corrected chi connectivity index (χ3v) is 4.01. The molecule has 2 aromatic rings. The third-order valence-electron chi connectivity index (χ3n) is 4.01. The van der Waals surface area contributed by atoms with E-state index in [2.05, 4.69) is 5.32 Å². The van der Waals surface area contributed by atoms with E-state index in [1.54, 1.807) is 0 Å². The number of nitrogens with zero attached hydrogens (tertiary/aromatic N) is 1. The van der Waals surface area contributed by atoms with E-state index in [9.17, 15) is 4.79 Å². The molecule has 1 fully saturated rings. The molecule has 1 aliphatic heterocycles. The van der Waals surface area contributed by atoms with E-state index < -0.39 is 0 Å². The molecule has 2 unspecified atom stereocenters. The van der Waals surface area contributed by atoms with Crippen molar-refractivity contribution in [3.05, 3.63) is 71.8 Å². The topological polar surface area (TPSA) is 41.6 Å². The average Bonchev–Trinajstić information content (AvgIpc) is 2.61. The van der Waals surface area contributed by atoms with E-state index in [-0.39, 0.29) is 18.2 Å². The molecule has 0 radical (unpaired) electrons. The molecule has 2 aromatic carbocycles. The van der Waals surface area contributed by atoms with Gasteiger partial charge in [-0.3, -0.25) is 0 Å². The summed E-state index contributed by atoms with van der Waals surface area (Å²) >= 11 is 0. The first-order valence-electron chi connectivity index (χ1n) is 7.99. The Morgan fingerprint density at radius 2 is 1.74 bits per heavy atom. The fourth-order valence-electron chi connectivity index (χ4n) is 2.85. The van der Waals surface area contributed by atoms with Crippen molar-refractivity contribution in [2.24, 2.45) is 0 Å². The van der Waals surface area contributed by atoms with E-state index in [1.165, 1.54) is 0 Å². The van der Waals surface area contributed by atoms with Crippen LogP contribution in [0.5, 0.6) is 0 Å². The minimum absolute atomic E-state index is 0.0245. The number of urea groups is 1. The normalized spacial score (nSPS) is 21.0. The number of nitrogens with one attached hydrogen (secondary N) is 1. The smallest absolute Gasteiger partial charge is 0.317 e. The second kappa shape index (κ2) is 7.29. The highest BCUT2D eigenvalue weighted by molar-refractivity contribution is 5.74. The molecule has 4 nitrogen and oxygen atoms in total. The number of carbonyl (C=O) groups excluding carboxylic acids is 1. The molecule has 0 aliphatic carbocycles. The molecule has 2 amide bonds. The SMILES string of the molecule is CC1CN(C(=O)NCc2ccccc2)CC(c2ccccc2)O1. The third kappa shape index (κ3) is 4.11. The van der Waals surface area contributed by atoms with Gasteiger partial charge in [0.05, 0.1) is 12.6 Å². The van der Waals surface area contributed by atoms with E-state index >= 15 is 0 Å². The number of rotatable bonds is 3. The number of morpholine rings is 1. The van der Waals surface area contributed by atoms with Crippen molar-refractivity contribution in [2.45, 2.75) is 25.7 Å². The number of ether oxygens (including phenoxy) is 1. The Bertz CT molecular complexity index is 630. The average molecular weight is 310 g/mol. The summed E-state index contributed by atoms with van der Waals surface area (Å²) < 4.78 is 5.99. The van der Waals surface area contributed by atoms with Crippen LogP contribution in [0.1, 0.15) is 24.2 Å². The lowest BCUT2D eigenvalue weighted by Crippen LogP contribution is -2.49. The highest BCUT2D eigenvalue weighted by Gasteiger charge is 2.29. The predicted octanol–water partition coefficient (Wildman–Crippen LogP) is 3.36. The van der Waals surface area contributed by atoms with Crippen LogP contribution < -0.4 is 5.32 Å². The first-order valence-corrected chi connectivity index (χ1v) is 7.99. The maximum Gasteiger partial charge on any atom is 0.317 e. The van der Waals surface area contributed by atoms with Crippen molar-refractivity contribution in [2.75, 3.05) is 13.1 Å². The van der Waals surface area contributed by atoms with E-state index in [0.29, 0.717) is 19.6 Å². The van der Waals surface area contributed by atoms with E-state index in [4.69, 9.17) is 4.74 Å². The summed E-state index contributed by atoms with van der Waals surface area (Å²) in [7, 11) is 0. The van der Waals surface area contributed by atoms with Crippen LogP contribution in [0.25, 0.3) is 0 Å². The molecule has 0 spiro atoms. The van der Waals surface area contributed by atoms with Crippen molar-refractivity contribution in [3.63, 3.8) is 0 Å². The Morgan fingerprint density at radius 3 is 2.43 bits per heavy atom. The molecule has 4 heteroatoms. The Balaban J connectivity index is 1.61. The van der Waals surface area contributed by atoms with Gasteiger partial charge in [-0.15, -0.1) is 0 Å². The summed E-state index contributed by atoms with van der Waals surface area (Å²) in [6.07, 6.45) is -0.0427. The minimum atomic E-state index is -0.0672. The van der Waals surface area contributed by atoms with Gasteiger partial charge in [-0.2, -0.15) is 0 Å². The molecule has 1 heterocycles. The largest absolute Gasteiger partial charge is 0.367 e. The molecule has 1 saturated heterocycles. The van der Waals surface area contributed by atoms with Crippen molar-refractivity contribution in [3.8, 4) is 0 Å². The number of benzene rings is 2. The fraction of sp³-hybridized carbons (Fsp3) is 0.316. The van der Waals surface area contributed by atoms with Gasteiger partial charge < -0.3 is 15.0 Å². The molecule has 3 rings (SSSR count). The van der Waals surface area contributed by atoms with Gasteiger partial charge in [-0.1, -0.05) is 60.7 Å². The molecule has 0 bridgehead atoms. The highest BCUT2D eigenvalue weighted by atomic mass is 16.5. The molecular formula is C19H22N2O2. The number of hydrogen-bond donors (Lipinski definition) is 1. The van der Waals surface area contributed by atoms with Crippen molar-refractivity contribution in [1.82, 2.24) is 10.2 Å². The summed E-state index contributed by atoms with van der Waals surface area (Å²) in [4.78, 5) is 14.3. The summed E-state index contributed by atoms with van der Waals surface area (Å²) in [6, 6.07) is 20.0. The molecule has 23 heavy (non-hydrogen) atoms. The van der Waals surface area contributed by atoms with Crippen LogP contribution in [0.4, 0.5) is 4.79 Å². The zero-order valence-corrected chi connectivity index (χ0v) is 13.3. The Labute approximate surface area is 137 Å². The second-order valence-corrected chi connectivity index (χ2v) is 5.90. The summed E-state index contributed by atoms with van der Waals surface area (Å²) in [5, 5.41) is 2.99. The zero-order valence-electron chi connectivity index (χ0n) is 13.3. The van der Waals surface area contributed by atoms with Crippen LogP contribution in [-0.4, -0.2) is 30.1 Å². The highest BCUT2D eigenvalue weighted by Crippen LogP contribution is 2.25. The molecule has 1 aliphatic rings. The van der Waals surface area contributed by atoms with E-state index in [0.717, 1.165) is 11.1 Å². The molecular weight excluding hydrogens is 288 g/mol. The number of amides is 2. The van der Waals surface area contributed by atoms with Crippen LogP contribution in [0, 0.1) is 0 Å². The Kier molecular flexibility index (Phi) is 4.93. The lowest BCUT2D eigenvalue weighted by Gasteiger charge is -2.37. The van der Waals surface area contributed by atoms with Crippen LogP contribution in [0.2, 0.25) is 0 Å². The molecule has 120 valence electrons. The van der Waals surface area contributed by atoms with Crippen LogP contribution >= 0.6 is 0 Å². The van der Waals surface area contributed by atoms with Crippen LogP contribution in [0.15, 0.2) is 60.7 Å². The number of carbonyl (C=O) groups is 1. The van der Waals surface area contributed by atoms with Gasteiger partial charge >= 0.3 is 6.03 Å². The summed E-state index contributed by atoms with van der Waals surface area (Å²) in [5.74, 6) is 0. The summed E-state index contributed by atoms with van der Waals surface area (Å²) in [6.45, 7) is 3.74. The molecule has 2 atom stereocenters. The zero-order chi connectivity index (χ0) is 16.1. The molecule has 0 saturated carbocycles. The standard InChI is InChI=1S/C19H22N2O2/c1-15-13-21(14-18(23-15)17-10-6-3-7-11-17)19(22)20-12-16-8-4-2-5-9-16/h2-11,15,18H,12-14H2,1H3,(H,20,22). The lowest BCUT2D eigenvalue weighted by atomic mass is 10.1. The first-order chi connectivity index (χ1) is 11.2. The lowest BCUT2D eigenvalue weighted by molar-refractivity contribution is -0.0657. The maximum absolute atomic E-state index is 12.5. The Morgan fingerprint density at radius 1 is 1.09 bits per heavy atom. The summed E-state index contributed by atoms with van der Waals surface area (Å²) in [5.41, 5.74) is 2.21. The van der Waals surface area contributed by atoms with Gasteiger partial charge in [-0.05, 0) is 18.1 Å². The fourth-order valence-corrected chi connectivity index (χ4v) is 2.85. The van der Waals surface area contributed by atoms with Gasteiger partial charge in [0.2, 0.25) is 0 Å². The van der Waals surface area contributed by atoms with Gasteiger partial charge in [0.1, 0.15) is 6.10 Å². The molecule has 1 N–H and O–H groups in total. The van der Waals surface area contributed by atoms with Crippen LogP contribution in [0.3, 0.4) is 0 Å². The van der Waals surface area contributed by atoms with Crippen molar-refractivity contribution < 1.29 is 9.53 Å². The Hall–Kier alpha value is -2.33. The van der Waals surface area contributed by atoms with Crippen molar-refractivity contribution in [1.29, 1.82) is 0 Å². The minimum Gasteiger partial charge on any atom is -0.367 e. The quantitative estimate of drug-likeness (QED) is 0.944. The van der Waals surface area contributed by atoms with Crippen molar-refractivity contribution >= 4 is 6.03 Å². The molecule has 0 aromatic heterocycles. The maximum atomic E-state index is 12.5. The van der Waals surface area contributed by atoms with Crippen LogP contribution in [-0.2, 0) is 11.3 Å². The van der Waals surface area contributed by atoms with E-state index in [1.807, 2.05) is 72.5 Å². The second-order valence-electron chi connectivity index (χ2n) is 5.90.